The molecule has 1 aromatic carbocycles. The van der Waals surface area contributed by atoms with Crippen molar-refractivity contribution in [3.63, 3.8) is 0 Å². The molecule has 0 fully saturated rings. The van der Waals surface area contributed by atoms with E-state index in [-0.39, 0.29) is 5.91 Å². The van der Waals surface area contributed by atoms with E-state index in [9.17, 15) is 4.79 Å². The lowest BCUT2D eigenvalue weighted by Gasteiger charge is -2.12. The molecule has 0 aliphatic heterocycles. The normalized spacial score (nSPS) is 10.8. The average molecular weight is 321 g/mol. The van der Waals surface area contributed by atoms with Gasteiger partial charge in [-0.3, -0.25) is 9.89 Å². The van der Waals surface area contributed by atoms with E-state index in [0.717, 1.165) is 10.0 Å². The molecule has 1 amide bonds. The van der Waals surface area contributed by atoms with Gasteiger partial charge in [0.05, 0.1) is 6.54 Å². The van der Waals surface area contributed by atoms with Crippen LogP contribution in [0.3, 0.4) is 0 Å². The van der Waals surface area contributed by atoms with Gasteiger partial charge in [-0.25, -0.2) is 4.98 Å². The van der Waals surface area contributed by atoms with Gasteiger partial charge in [-0.2, -0.15) is 5.10 Å². The summed E-state index contributed by atoms with van der Waals surface area (Å²) < 4.78 is 0.983. The summed E-state index contributed by atoms with van der Waals surface area (Å²) in [6.45, 7) is 0.404. The van der Waals surface area contributed by atoms with Crippen molar-refractivity contribution in [1.82, 2.24) is 20.1 Å². The summed E-state index contributed by atoms with van der Waals surface area (Å²) in [7, 11) is 1.72. The summed E-state index contributed by atoms with van der Waals surface area (Å²) >= 11 is 3.39. The Morgan fingerprint density at radius 2 is 2.37 bits per heavy atom. The molecule has 0 aliphatic rings. The number of hydrogen-bond acceptors (Lipinski definition) is 3. The van der Waals surface area contributed by atoms with E-state index in [1.54, 1.807) is 18.0 Å². The van der Waals surface area contributed by atoms with Crippen molar-refractivity contribution < 1.29 is 4.79 Å². The molecule has 0 spiro atoms. The number of rotatable bonds is 4. The number of H-pyrrole nitrogens is 1. The Labute approximate surface area is 119 Å². The van der Waals surface area contributed by atoms with Crippen LogP contribution >= 0.6 is 15.9 Å². The Hall–Kier alpha value is -1.95. The third-order valence-corrected chi connectivity index (χ3v) is 2.99. The molecule has 0 saturated heterocycles. The second-order valence-electron chi connectivity index (χ2n) is 4.01. The van der Waals surface area contributed by atoms with Crippen molar-refractivity contribution in [1.29, 1.82) is 0 Å². The fourth-order valence-corrected chi connectivity index (χ4v) is 1.93. The third kappa shape index (κ3) is 4.03. The van der Waals surface area contributed by atoms with Crippen molar-refractivity contribution in [2.24, 2.45) is 0 Å². The van der Waals surface area contributed by atoms with E-state index in [0.29, 0.717) is 12.4 Å². The van der Waals surface area contributed by atoms with Gasteiger partial charge in [-0.15, -0.1) is 0 Å². The molecule has 1 aromatic heterocycles. The first-order valence-electron chi connectivity index (χ1n) is 5.68. The van der Waals surface area contributed by atoms with Crippen LogP contribution in [0.5, 0.6) is 0 Å². The molecule has 0 radical (unpaired) electrons. The number of halogens is 1. The molecule has 0 aliphatic carbocycles. The highest BCUT2D eigenvalue weighted by atomic mass is 79.9. The van der Waals surface area contributed by atoms with E-state index in [1.165, 1.54) is 12.4 Å². The van der Waals surface area contributed by atoms with Crippen molar-refractivity contribution in [3.8, 4) is 0 Å². The zero-order chi connectivity index (χ0) is 13.7. The van der Waals surface area contributed by atoms with Gasteiger partial charge in [-0.1, -0.05) is 28.1 Å². The summed E-state index contributed by atoms with van der Waals surface area (Å²) in [4.78, 5) is 17.4. The van der Waals surface area contributed by atoms with Gasteiger partial charge < -0.3 is 4.90 Å². The van der Waals surface area contributed by atoms with Crippen molar-refractivity contribution in [2.75, 3.05) is 7.05 Å². The highest BCUT2D eigenvalue weighted by Crippen LogP contribution is 2.12. The highest BCUT2D eigenvalue weighted by molar-refractivity contribution is 9.10. The Kier molecular flexibility index (Phi) is 4.46. The number of aromatic amines is 1. The van der Waals surface area contributed by atoms with Crippen LogP contribution in [0.4, 0.5) is 0 Å². The van der Waals surface area contributed by atoms with Crippen molar-refractivity contribution in [3.05, 3.63) is 52.5 Å². The van der Waals surface area contributed by atoms with Crippen LogP contribution in [0.15, 0.2) is 41.1 Å². The fourth-order valence-electron chi connectivity index (χ4n) is 1.51. The third-order valence-electron chi connectivity index (χ3n) is 2.50. The topological polar surface area (TPSA) is 61.9 Å². The number of nitrogens with one attached hydrogen (secondary N) is 1. The van der Waals surface area contributed by atoms with Gasteiger partial charge >= 0.3 is 0 Å². The molecule has 2 aromatic rings. The quantitative estimate of drug-likeness (QED) is 0.879. The van der Waals surface area contributed by atoms with Gasteiger partial charge in [0.2, 0.25) is 5.91 Å². The molecule has 0 bridgehead atoms. The van der Waals surface area contributed by atoms with Gasteiger partial charge in [0.25, 0.3) is 0 Å². The number of amides is 1. The van der Waals surface area contributed by atoms with Gasteiger partial charge in [0.1, 0.15) is 12.2 Å². The minimum absolute atomic E-state index is 0.0867. The number of benzene rings is 1. The zero-order valence-corrected chi connectivity index (χ0v) is 12.0. The largest absolute Gasteiger partial charge is 0.335 e. The van der Waals surface area contributed by atoms with Gasteiger partial charge in [0, 0.05) is 17.6 Å². The lowest BCUT2D eigenvalue weighted by Crippen LogP contribution is -2.24. The van der Waals surface area contributed by atoms with Crippen LogP contribution in [0.1, 0.15) is 11.4 Å². The predicted octanol–water partition coefficient (Wildman–Crippen LogP) is 2.24. The molecule has 6 heteroatoms. The van der Waals surface area contributed by atoms with E-state index < -0.39 is 0 Å². The molecule has 19 heavy (non-hydrogen) atoms. The Bertz CT molecular complexity index is 580. The second-order valence-corrected chi connectivity index (χ2v) is 4.93. The van der Waals surface area contributed by atoms with Crippen molar-refractivity contribution >= 4 is 27.9 Å². The monoisotopic (exact) mass is 320 g/mol. The molecule has 2 rings (SSSR count). The average Bonchev–Trinajstić information content (AvgIpc) is 2.89. The molecular formula is C13H13BrN4O. The van der Waals surface area contributed by atoms with Gasteiger partial charge in [0.15, 0.2) is 0 Å². The number of likely N-dealkylation sites (N-methyl/N-ethyl adjacent to an activating group) is 1. The Morgan fingerprint density at radius 3 is 3.05 bits per heavy atom. The molecular weight excluding hydrogens is 308 g/mol. The minimum Gasteiger partial charge on any atom is -0.335 e. The molecule has 0 atom stereocenters. The maximum Gasteiger partial charge on any atom is 0.246 e. The van der Waals surface area contributed by atoms with Crippen LogP contribution in [0.2, 0.25) is 0 Å². The van der Waals surface area contributed by atoms with Crippen LogP contribution in [-0.2, 0) is 11.3 Å². The smallest absolute Gasteiger partial charge is 0.246 e. The summed E-state index contributed by atoms with van der Waals surface area (Å²) in [6.07, 6.45) is 4.74. The standard InChI is InChI=1S/C13H13BrN4O/c1-18(8-12-15-9-16-17-12)13(19)6-5-10-3-2-4-11(14)7-10/h2-7,9H,8H2,1H3,(H,15,16,17). The van der Waals surface area contributed by atoms with E-state index in [2.05, 4.69) is 31.1 Å². The number of hydrogen-bond donors (Lipinski definition) is 1. The molecule has 0 unspecified atom stereocenters. The first-order chi connectivity index (χ1) is 9.15. The van der Waals surface area contributed by atoms with Crippen LogP contribution < -0.4 is 0 Å². The number of carbonyl (C=O) groups is 1. The maximum atomic E-state index is 11.9. The van der Waals surface area contributed by atoms with E-state index >= 15 is 0 Å². The second kappa shape index (κ2) is 6.29. The molecule has 1 N–H and O–H groups in total. The Morgan fingerprint density at radius 1 is 1.53 bits per heavy atom. The van der Waals surface area contributed by atoms with E-state index in [1.807, 2.05) is 24.3 Å². The fraction of sp³-hybridized carbons (Fsp3) is 0.154. The van der Waals surface area contributed by atoms with Gasteiger partial charge in [-0.05, 0) is 23.8 Å². The van der Waals surface area contributed by atoms with Crippen LogP contribution in [0, 0.1) is 0 Å². The predicted molar refractivity (Wildman–Crippen MR) is 76.0 cm³/mol. The number of carbonyl (C=O) groups excluding carboxylic acids is 1. The lowest BCUT2D eigenvalue weighted by molar-refractivity contribution is -0.125. The zero-order valence-electron chi connectivity index (χ0n) is 10.4. The summed E-state index contributed by atoms with van der Waals surface area (Å²) in [6, 6.07) is 7.74. The maximum absolute atomic E-state index is 11.9. The number of aromatic nitrogens is 3. The molecule has 98 valence electrons. The SMILES string of the molecule is CN(Cc1ncn[nH]1)C(=O)C=Cc1cccc(Br)c1. The van der Waals surface area contributed by atoms with Crippen LogP contribution in [-0.4, -0.2) is 33.0 Å². The first kappa shape index (κ1) is 13.5. The first-order valence-corrected chi connectivity index (χ1v) is 6.47. The summed E-state index contributed by atoms with van der Waals surface area (Å²) in [5, 5.41) is 6.46. The van der Waals surface area contributed by atoms with Crippen LogP contribution in [0.25, 0.3) is 6.08 Å². The highest BCUT2D eigenvalue weighted by Gasteiger charge is 2.07. The van der Waals surface area contributed by atoms with E-state index in [4.69, 9.17) is 0 Å². The lowest BCUT2D eigenvalue weighted by atomic mass is 10.2. The Balaban J connectivity index is 1.96. The summed E-state index contributed by atoms with van der Waals surface area (Å²) in [5.41, 5.74) is 0.968. The molecule has 1 heterocycles. The minimum atomic E-state index is -0.0867. The van der Waals surface area contributed by atoms with Crippen molar-refractivity contribution in [2.45, 2.75) is 6.54 Å². The molecule has 0 saturated carbocycles. The number of nitrogens with zero attached hydrogens (tertiary/aromatic N) is 3. The molecule has 5 nitrogen and oxygen atoms in total. The summed E-state index contributed by atoms with van der Waals surface area (Å²) in [5.74, 6) is 0.572.